The molecule has 0 radical (unpaired) electrons. The zero-order valence-corrected chi connectivity index (χ0v) is 19.5. The number of carbonyl (C=O) groups excluding carboxylic acids is 1. The summed E-state index contributed by atoms with van der Waals surface area (Å²) in [5, 5.41) is 3.04. The first-order valence-electron chi connectivity index (χ1n) is 11.0. The van der Waals surface area contributed by atoms with Crippen LogP contribution in [0.4, 0.5) is 10.1 Å². The first-order chi connectivity index (χ1) is 15.8. The predicted octanol–water partition coefficient (Wildman–Crippen LogP) is 4.72. The number of hydrogen-bond acceptors (Lipinski definition) is 3. The largest absolute Gasteiger partial charge is 0.350 e. The Balaban J connectivity index is 1.48. The topological polar surface area (TPSA) is 66.5 Å². The molecule has 0 unspecified atom stereocenters. The minimum absolute atomic E-state index is 0.000219. The van der Waals surface area contributed by atoms with Gasteiger partial charge in [-0.05, 0) is 86.7 Å². The molecule has 1 aliphatic heterocycles. The van der Waals surface area contributed by atoms with Gasteiger partial charge in [-0.2, -0.15) is 0 Å². The molecule has 0 aromatic heterocycles. The van der Waals surface area contributed by atoms with Gasteiger partial charge in [-0.1, -0.05) is 30.3 Å². The van der Waals surface area contributed by atoms with Crippen LogP contribution < -0.4 is 9.62 Å². The lowest BCUT2D eigenvalue weighted by molar-refractivity contribution is 0.0938. The predicted molar refractivity (Wildman–Crippen MR) is 127 cm³/mol. The molecular weight excluding hydrogens is 439 g/mol. The van der Waals surface area contributed by atoms with Crippen LogP contribution in [0, 0.1) is 5.82 Å². The van der Waals surface area contributed by atoms with Gasteiger partial charge in [-0.3, -0.25) is 9.10 Å². The fourth-order valence-electron chi connectivity index (χ4n) is 4.24. The van der Waals surface area contributed by atoms with Gasteiger partial charge in [0.25, 0.3) is 15.9 Å². The molecule has 0 bridgehead atoms. The van der Waals surface area contributed by atoms with Crippen LogP contribution in [0.1, 0.15) is 41.8 Å². The van der Waals surface area contributed by atoms with E-state index in [2.05, 4.69) is 17.4 Å². The highest BCUT2D eigenvalue weighted by Gasteiger charge is 2.36. The molecule has 1 amide bonds. The molecule has 3 aromatic rings. The van der Waals surface area contributed by atoms with Crippen molar-refractivity contribution >= 4 is 21.6 Å². The first kappa shape index (κ1) is 23.0. The molecule has 0 saturated heterocycles. The molecule has 0 aliphatic carbocycles. The molecule has 4 rings (SSSR count). The summed E-state index contributed by atoms with van der Waals surface area (Å²) in [4.78, 5) is 12.8. The van der Waals surface area contributed by atoms with Gasteiger partial charge in [-0.15, -0.1) is 0 Å². The summed E-state index contributed by atoms with van der Waals surface area (Å²) in [6.45, 7) is 3.81. The van der Waals surface area contributed by atoms with Crippen molar-refractivity contribution in [1.82, 2.24) is 5.32 Å². The van der Waals surface area contributed by atoms with Gasteiger partial charge < -0.3 is 5.32 Å². The normalized spacial score (nSPS) is 16.3. The average molecular weight is 467 g/mol. The van der Waals surface area contributed by atoms with Gasteiger partial charge in [0.05, 0.1) is 10.6 Å². The third-order valence-electron chi connectivity index (χ3n) is 5.95. The number of nitrogens with zero attached hydrogens (tertiary/aromatic N) is 1. The van der Waals surface area contributed by atoms with Crippen LogP contribution in [0.2, 0.25) is 0 Å². The number of hydrogen-bond donors (Lipinski definition) is 1. The number of rotatable bonds is 7. The molecule has 1 heterocycles. The van der Waals surface area contributed by atoms with Crippen LogP contribution in [0.15, 0.2) is 77.7 Å². The number of sulfonamides is 1. The van der Waals surface area contributed by atoms with Gasteiger partial charge in [0, 0.05) is 17.6 Å². The van der Waals surface area contributed by atoms with Crippen LogP contribution >= 0.6 is 0 Å². The fraction of sp³-hybridized carbons (Fsp3) is 0.269. The maximum atomic E-state index is 13.3. The molecule has 7 heteroatoms. The third-order valence-corrected chi connectivity index (χ3v) is 7.89. The third kappa shape index (κ3) is 4.93. The Morgan fingerprint density at radius 3 is 2.48 bits per heavy atom. The summed E-state index contributed by atoms with van der Waals surface area (Å²) in [6, 6.07) is 19.8. The highest BCUT2D eigenvalue weighted by Crippen LogP contribution is 2.37. The van der Waals surface area contributed by atoms with E-state index in [9.17, 15) is 17.6 Å². The van der Waals surface area contributed by atoms with Crippen LogP contribution in [0.5, 0.6) is 0 Å². The Bertz CT molecular complexity index is 1240. The van der Waals surface area contributed by atoms with E-state index in [1.165, 1.54) is 22.0 Å². The smallest absolute Gasteiger partial charge is 0.264 e. The van der Waals surface area contributed by atoms with E-state index in [-0.39, 0.29) is 22.9 Å². The van der Waals surface area contributed by atoms with E-state index in [0.29, 0.717) is 17.7 Å². The van der Waals surface area contributed by atoms with Crippen molar-refractivity contribution < 1.29 is 17.6 Å². The van der Waals surface area contributed by atoms with E-state index in [1.54, 1.807) is 18.2 Å². The van der Waals surface area contributed by atoms with Crippen molar-refractivity contribution in [2.24, 2.45) is 0 Å². The Morgan fingerprint density at radius 2 is 1.79 bits per heavy atom. The lowest BCUT2D eigenvalue weighted by Gasteiger charge is -2.24. The Labute approximate surface area is 194 Å². The van der Waals surface area contributed by atoms with Gasteiger partial charge in [0.2, 0.25) is 0 Å². The van der Waals surface area contributed by atoms with Gasteiger partial charge in [0.15, 0.2) is 0 Å². The highest BCUT2D eigenvalue weighted by atomic mass is 32.2. The van der Waals surface area contributed by atoms with Crippen LogP contribution in [0.25, 0.3) is 0 Å². The first-order valence-corrected chi connectivity index (χ1v) is 12.5. The second-order valence-corrected chi connectivity index (χ2v) is 10.4. The van der Waals surface area contributed by atoms with Crippen LogP contribution in [0.3, 0.4) is 0 Å². The summed E-state index contributed by atoms with van der Waals surface area (Å²) in [5.74, 6) is -0.664. The molecule has 0 spiro atoms. The number of halogens is 1. The van der Waals surface area contributed by atoms with Crippen LogP contribution in [-0.2, 0) is 22.9 Å². The summed E-state index contributed by atoms with van der Waals surface area (Å²) in [7, 11) is -3.84. The average Bonchev–Trinajstić information content (AvgIpc) is 3.14. The Morgan fingerprint density at radius 1 is 1.09 bits per heavy atom. The van der Waals surface area contributed by atoms with Crippen molar-refractivity contribution in [3.8, 4) is 0 Å². The number of aryl methyl sites for hydroxylation is 1. The maximum Gasteiger partial charge on any atom is 0.264 e. The van der Waals surface area contributed by atoms with Gasteiger partial charge in [-0.25, -0.2) is 12.8 Å². The van der Waals surface area contributed by atoms with Crippen molar-refractivity contribution in [2.45, 2.75) is 50.1 Å². The number of benzene rings is 3. The van der Waals surface area contributed by atoms with E-state index in [1.807, 2.05) is 32.0 Å². The highest BCUT2D eigenvalue weighted by molar-refractivity contribution is 7.92. The Kier molecular flexibility index (Phi) is 6.51. The van der Waals surface area contributed by atoms with Crippen LogP contribution in [-0.4, -0.2) is 26.4 Å². The lowest BCUT2D eigenvalue weighted by Crippen LogP contribution is -2.35. The molecular formula is C26H27FN2O3S. The second kappa shape index (κ2) is 9.35. The van der Waals surface area contributed by atoms with E-state index < -0.39 is 15.8 Å². The van der Waals surface area contributed by atoms with E-state index in [4.69, 9.17) is 0 Å². The molecule has 2 atom stereocenters. The van der Waals surface area contributed by atoms with Gasteiger partial charge in [0.1, 0.15) is 5.82 Å². The molecule has 3 aromatic carbocycles. The minimum atomic E-state index is -3.84. The quantitative estimate of drug-likeness (QED) is 0.548. The van der Waals surface area contributed by atoms with Crippen molar-refractivity contribution in [2.75, 3.05) is 4.31 Å². The molecule has 1 N–H and O–H groups in total. The van der Waals surface area contributed by atoms with Crippen molar-refractivity contribution in [1.29, 1.82) is 0 Å². The standard InChI is InChI=1S/C26H27FN2O3S/c1-18(8-9-20-6-4-3-5-7-20)28-26(30)21-10-15-25-22(17-21)16-19(2)29(25)33(31,32)24-13-11-23(27)12-14-24/h3-7,10-15,17-19H,8-9,16H2,1-2H3,(H,28,30)/t18-,19-/m1/s1. The van der Waals surface area contributed by atoms with Gasteiger partial charge >= 0.3 is 0 Å². The molecule has 172 valence electrons. The second-order valence-electron chi connectivity index (χ2n) is 8.55. The number of anilines is 1. The zero-order valence-electron chi connectivity index (χ0n) is 18.7. The number of nitrogens with one attached hydrogen (secondary N) is 1. The summed E-state index contributed by atoms with van der Waals surface area (Å²) >= 11 is 0. The molecule has 33 heavy (non-hydrogen) atoms. The summed E-state index contributed by atoms with van der Waals surface area (Å²) in [6.07, 6.45) is 2.20. The maximum absolute atomic E-state index is 13.3. The fourth-order valence-corrected chi connectivity index (χ4v) is 5.93. The lowest BCUT2D eigenvalue weighted by atomic mass is 10.0. The SMILES string of the molecule is C[C@H](CCc1ccccc1)NC(=O)c1ccc2c(c1)C[C@@H](C)N2S(=O)(=O)c1ccc(F)cc1. The van der Waals surface area contributed by atoms with E-state index >= 15 is 0 Å². The number of fused-ring (bicyclic) bond motifs is 1. The Hall–Kier alpha value is -3.19. The molecule has 1 aliphatic rings. The van der Waals surface area contributed by atoms with Crippen molar-refractivity contribution in [3.63, 3.8) is 0 Å². The summed E-state index contributed by atoms with van der Waals surface area (Å²) < 4.78 is 41.0. The summed E-state index contributed by atoms with van der Waals surface area (Å²) in [5.41, 5.74) is 3.10. The molecule has 5 nitrogen and oxygen atoms in total. The van der Waals surface area contributed by atoms with Crippen molar-refractivity contribution in [3.05, 3.63) is 95.3 Å². The van der Waals surface area contributed by atoms with E-state index in [0.717, 1.165) is 30.5 Å². The minimum Gasteiger partial charge on any atom is -0.350 e. The number of carbonyl (C=O) groups is 1. The number of amides is 1. The monoisotopic (exact) mass is 466 g/mol. The zero-order chi connectivity index (χ0) is 23.6. The molecule has 0 fully saturated rings. The molecule has 0 saturated carbocycles.